The van der Waals surface area contributed by atoms with E-state index in [1.54, 1.807) is 6.07 Å². The fourth-order valence-electron chi connectivity index (χ4n) is 2.26. The van der Waals surface area contributed by atoms with Gasteiger partial charge in [0.25, 0.3) is 0 Å². The molecule has 9 heteroatoms. The Balaban J connectivity index is 2.21. The lowest BCUT2D eigenvalue weighted by Gasteiger charge is -2.14. The molecule has 0 fully saturated rings. The number of primary sulfonamides is 1. The lowest BCUT2D eigenvalue weighted by atomic mass is 9.99. The molecule has 0 saturated heterocycles. The Hall–Kier alpha value is -2.23. The van der Waals surface area contributed by atoms with Crippen molar-refractivity contribution in [2.75, 3.05) is 5.32 Å². The molecule has 0 aliphatic carbocycles. The Morgan fingerprint density at radius 1 is 1.24 bits per heavy atom. The van der Waals surface area contributed by atoms with Gasteiger partial charge in [0, 0.05) is 10.6 Å². The molecule has 0 unspecified atom stereocenters. The highest BCUT2D eigenvalue weighted by Crippen LogP contribution is 2.26. The first-order chi connectivity index (χ1) is 11.6. The molecular formula is C16H18N2O5S2. The van der Waals surface area contributed by atoms with E-state index in [1.165, 1.54) is 24.3 Å². The number of benzene rings is 1. The lowest BCUT2D eigenvalue weighted by Crippen LogP contribution is -2.16. The van der Waals surface area contributed by atoms with Crippen LogP contribution in [0.4, 0.5) is 5.69 Å². The second-order valence-electron chi connectivity index (χ2n) is 5.75. The predicted molar refractivity (Wildman–Crippen MR) is 95.5 cm³/mol. The molecule has 1 aromatic carbocycles. The number of hydrogen-bond acceptors (Lipinski definition) is 5. The predicted octanol–water partition coefficient (Wildman–Crippen LogP) is 2.40. The van der Waals surface area contributed by atoms with E-state index in [-0.39, 0.29) is 28.0 Å². The maximum Gasteiger partial charge on any atom is 0.335 e. The summed E-state index contributed by atoms with van der Waals surface area (Å²) in [5.74, 6) is -1.36. The monoisotopic (exact) mass is 382 g/mol. The average molecular weight is 382 g/mol. The molecule has 7 nitrogen and oxygen atoms in total. The van der Waals surface area contributed by atoms with Gasteiger partial charge in [-0.3, -0.25) is 4.79 Å². The summed E-state index contributed by atoms with van der Waals surface area (Å²) in [6.07, 6.45) is -0.0327. The third-order valence-corrected chi connectivity index (χ3v) is 5.97. The highest BCUT2D eigenvalue weighted by Gasteiger charge is 2.16. The number of carboxylic acids is 1. The number of carboxylic acid groups (broad SMARTS) is 1. The molecule has 0 aliphatic heterocycles. The summed E-state index contributed by atoms with van der Waals surface area (Å²) in [6.45, 7) is 3.87. The molecule has 0 aliphatic rings. The van der Waals surface area contributed by atoms with Crippen molar-refractivity contribution in [1.29, 1.82) is 0 Å². The Morgan fingerprint density at radius 2 is 1.92 bits per heavy atom. The van der Waals surface area contributed by atoms with Crippen molar-refractivity contribution in [3.05, 3.63) is 46.3 Å². The Bertz CT molecular complexity index is 916. The summed E-state index contributed by atoms with van der Waals surface area (Å²) >= 11 is 0.929. The van der Waals surface area contributed by atoms with Crippen molar-refractivity contribution in [2.24, 2.45) is 5.14 Å². The lowest BCUT2D eigenvalue weighted by molar-refractivity contribution is -0.115. The van der Waals surface area contributed by atoms with Gasteiger partial charge in [-0.1, -0.05) is 19.9 Å². The van der Waals surface area contributed by atoms with Gasteiger partial charge in [-0.05, 0) is 35.7 Å². The summed E-state index contributed by atoms with van der Waals surface area (Å²) in [5, 5.41) is 16.9. The Labute approximate surface area is 149 Å². The zero-order valence-corrected chi connectivity index (χ0v) is 15.3. The summed E-state index contributed by atoms with van der Waals surface area (Å²) < 4.78 is 22.5. The van der Waals surface area contributed by atoms with Crippen LogP contribution in [0.5, 0.6) is 0 Å². The number of sulfonamides is 1. The summed E-state index contributed by atoms with van der Waals surface area (Å²) in [6, 6.07) is 7.47. The van der Waals surface area contributed by atoms with Gasteiger partial charge in [-0.2, -0.15) is 0 Å². The first kappa shape index (κ1) is 19.1. The average Bonchev–Trinajstić information content (AvgIpc) is 2.95. The van der Waals surface area contributed by atoms with Crippen LogP contribution in [0.15, 0.2) is 34.5 Å². The number of carbonyl (C=O) groups is 2. The van der Waals surface area contributed by atoms with Crippen LogP contribution in [0.1, 0.15) is 40.6 Å². The number of nitrogens with two attached hydrogens (primary N) is 1. The smallest absolute Gasteiger partial charge is 0.335 e. The molecule has 1 amide bonds. The number of amides is 1. The molecular weight excluding hydrogens is 364 g/mol. The maximum atomic E-state index is 12.3. The Morgan fingerprint density at radius 3 is 2.44 bits per heavy atom. The number of thiophene rings is 1. The van der Waals surface area contributed by atoms with Crippen LogP contribution in [0.3, 0.4) is 0 Å². The fraction of sp³-hybridized carbons (Fsp3) is 0.250. The minimum atomic E-state index is -3.79. The van der Waals surface area contributed by atoms with E-state index in [9.17, 15) is 18.0 Å². The van der Waals surface area contributed by atoms with Crippen LogP contribution in [-0.2, 0) is 21.2 Å². The van der Waals surface area contributed by atoms with Crippen LogP contribution in [0.25, 0.3) is 0 Å². The van der Waals surface area contributed by atoms with Gasteiger partial charge >= 0.3 is 5.97 Å². The minimum Gasteiger partial charge on any atom is -0.478 e. The van der Waals surface area contributed by atoms with Crippen molar-refractivity contribution in [1.82, 2.24) is 0 Å². The Kier molecular flexibility index (Phi) is 5.61. The van der Waals surface area contributed by atoms with Crippen molar-refractivity contribution in [3.8, 4) is 0 Å². The fourth-order valence-corrected chi connectivity index (χ4v) is 4.04. The highest BCUT2D eigenvalue weighted by atomic mass is 32.2. The molecule has 1 heterocycles. The van der Waals surface area contributed by atoms with E-state index in [4.69, 9.17) is 10.2 Å². The van der Waals surface area contributed by atoms with Crippen LogP contribution < -0.4 is 10.5 Å². The number of hydrogen-bond donors (Lipinski definition) is 3. The van der Waals surface area contributed by atoms with Gasteiger partial charge in [0.2, 0.25) is 15.9 Å². The van der Waals surface area contributed by atoms with Gasteiger partial charge in [-0.15, -0.1) is 11.3 Å². The molecule has 4 N–H and O–H groups in total. The number of aromatic carboxylic acids is 1. The summed E-state index contributed by atoms with van der Waals surface area (Å²) in [7, 11) is -3.79. The summed E-state index contributed by atoms with van der Waals surface area (Å²) in [5.41, 5.74) is 1.32. The first-order valence-corrected chi connectivity index (χ1v) is 9.73. The molecule has 1 aromatic heterocycles. The van der Waals surface area contributed by atoms with E-state index in [1.807, 2.05) is 13.8 Å². The molecule has 0 spiro atoms. The largest absolute Gasteiger partial charge is 0.478 e. The normalized spacial score (nSPS) is 11.5. The summed E-state index contributed by atoms with van der Waals surface area (Å²) in [4.78, 5) is 23.9. The van der Waals surface area contributed by atoms with Crippen LogP contribution in [0, 0.1) is 0 Å². The molecule has 2 rings (SSSR count). The first-order valence-electron chi connectivity index (χ1n) is 7.36. The van der Waals surface area contributed by atoms with Gasteiger partial charge in [0.05, 0.1) is 12.0 Å². The van der Waals surface area contributed by atoms with Gasteiger partial charge in [0.1, 0.15) is 4.21 Å². The quantitative estimate of drug-likeness (QED) is 0.707. The molecule has 0 bridgehead atoms. The van der Waals surface area contributed by atoms with Crippen LogP contribution in [0.2, 0.25) is 0 Å². The minimum absolute atomic E-state index is 0.00829. The molecule has 25 heavy (non-hydrogen) atoms. The third kappa shape index (κ3) is 4.88. The number of nitrogens with one attached hydrogen (secondary N) is 1. The second-order valence-corrected chi connectivity index (χ2v) is 8.71. The molecule has 2 aromatic rings. The van der Waals surface area contributed by atoms with Crippen LogP contribution >= 0.6 is 11.3 Å². The highest BCUT2D eigenvalue weighted by molar-refractivity contribution is 7.91. The molecule has 0 atom stereocenters. The van der Waals surface area contributed by atoms with E-state index < -0.39 is 16.0 Å². The number of carbonyl (C=O) groups excluding carboxylic acids is 1. The van der Waals surface area contributed by atoms with Crippen molar-refractivity contribution in [3.63, 3.8) is 0 Å². The SMILES string of the molecule is CC(C)c1ccc(C(=O)O)cc1NC(=O)Cc1ccc(S(N)(=O)=O)s1. The van der Waals surface area contributed by atoms with Gasteiger partial charge < -0.3 is 10.4 Å². The second kappa shape index (κ2) is 7.34. The standard InChI is InChI=1S/C16H18N2O5S2/c1-9(2)12-5-3-10(16(20)21)7-13(12)18-14(19)8-11-4-6-15(24-11)25(17,22)23/h3-7,9H,8H2,1-2H3,(H,18,19)(H,20,21)(H2,17,22,23). The topological polar surface area (TPSA) is 127 Å². The number of rotatable bonds is 6. The van der Waals surface area contributed by atoms with Crippen molar-refractivity contribution < 1.29 is 23.1 Å². The van der Waals surface area contributed by atoms with Crippen molar-refractivity contribution >= 4 is 38.9 Å². The van der Waals surface area contributed by atoms with E-state index in [0.717, 1.165) is 16.9 Å². The van der Waals surface area contributed by atoms with E-state index in [2.05, 4.69) is 5.32 Å². The maximum absolute atomic E-state index is 12.3. The van der Waals surface area contributed by atoms with E-state index >= 15 is 0 Å². The van der Waals surface area contributed by atoms with Crippen LogP contribution in [-0.4, -0.2) is 25.4 Å². The molecule has 0 radical (unpaired) electrons. The zero-order chi connectivity index (χ0) is 18.8. The van der Waals surface area contributed by atoms with Crippen molar-refractivity contribution in [2.45, 2.75) is 30.4 Å². The third-order valence-electron chi connectivity index (χ3n) is 3.45. The zero-order valence-electron chi connectivity index (χ0n) is 13.6. The molecule has 0 saturated carbocycles. The van der Waals surface area contributed by atoms with E-state index in [0.29, 0.717) is 10.6 Å². The van der Waals surface area contributed by atoms with Gasteiger partial charge in [0.15, 0.2) is 0 Å². The van der Waals surface area contributed by atoms with Gasteiger partial charge in [-0.25, -0.2) is 18.4 Å². The molecule has 134 valence electrons. The number of anilines is 1.